The minimum Gasteiger partial charge on any atom is -0.369 e. The highest BCUT2D eigenvalue weighted by atomic mass is 35.5. The van der Waals surface area contributed by atoms with Crippen LogP contribution in [0.3, 0.4) is 0 Å². The van der Waals surface area contributed by atoms with Crippen molar-refractivity contribution in [1.29, 1.82) is 0 Å². The van der Waals surface area contributed by atoms with Crippen LogP contribution in [0.5, 0.6) is 0 Å². The molecular formula is C27H29ClN2. The van der Waals surface area contributed by atoms with Gasteiger partial charge in [0.15, 0.2) is 0 Å². The van der Waals surface area contributed by atoms with Crippen LogP contribution in [0, 0.1) is 0 Å². The monoisotopic (exact) mass is 416 g/mol. The highest BCUT2D eigenvalue weighted by Crippen LogP contribution is 2.46. The van der Waals surface area contributed by atoms with Crippen molar-refractivity contribution < 1.29 is 0 Å². The zero-order valence-corrected chi connectivity index (χ0v) is 18.2. The summed E-state index contributed by atoms with van der Waals surface area (Å²) in [5.74, 6) is 0.569. The maximum absolute atomic E-state index is 6.02. The van der Waals surface area contributed by atoms with E-state index >= 15 is 0 Å². The summed E-state index contributed by atoms with van der Waals surface area (Å²) in [6.07, 6.45) is 3.81. The summed E-state index contributed by atoms with van der Waals surface area (Å²) in [7, 11) is 0. The zero-order chi connectivity index (χ0) is 20.3. The summed E-state index contributed by atoms with van der Waals surface area (Å²) in [6.45, 7) is 5.72. The van der Waals surface area contributed by atoms with Crippen LogP contribution in [-0.4, -0.2) is 37.6 Å². The van der Waals surface area contributed by atoms with E-state index in [0.717, 1.165) is 31.2 Å². The maximum atomic E-state index is 6.02. The second-order valence-corrected chi connectivity index (χ2v) is 8.96. The lowest BCUT2D eigenvalue weighted by atomic mass is 9.91. The number of hydrogen-bond acceptors (Lipinski definition) is 2. The molecule has 2 aliphatic rings. The predicted octanol–water partition coefficient (Wildman–Crippen LogP) is 6.44. The Morgan fingerprint density at radius 3 is 1.93 bits per heavy atom. The largest absolute Gasteiger partial charge is 0.369 e. The number of halogens is 1. The molecule has 3 aromatic rings. The number of fused-ring (bicyclic) bond motifs is 3. The molecular weight excluding hydrogens is 388 g/mol. The van der Waals surface area contributed by atoms with Gasteiger partial charge in [0.05, 0.1) is 0 Å². The van der Waals surface area contributed by atoms with E-state index in [1.807, 2.05) is 12.1 Å². The molecule has 0 radical (unpaired) electrons. The number of piperazine rings is 1. The molecule has 0 N–H and O–H groups in total. The number of rotatable bonds is 6. The SMILES string of the molecule is Clc1ccc(N2CCN(CCCCC3c4ccccc4-c4ccccc43)CC2)cc1. The quantitative estimate of drug-likeness (QED) is 0.426. The first kappa shape index (κ1) is 19.7. The van der Waals surface area contributed by atoms with Gasteiger partial charge in [-0.15, -0.1) is 0 Å². The first-order valence-corrected chi connectivity index (χ1v) is 11.6. The fourth-order valence-electron chi connectivity index (χ4n) is 5.14. The molecule has 3 heteroatoms. The van der Waals surface area contributed by atoms with Crippen molar-refractivity contribution in [2.24, 2.45) is 0 Å². The van der Waals surface area contributed by atoms with Gasteiger partial charge in [0, 0.05) is 42.8 Å². The van der Waals surface area contributed by atoms with Crippen LogP contribution in [0.4, 0.5) is 5.69 Å². The number of benzene rings is 3. The van der Waals surface area contributed by atoms with Gasteiger partial charge in [-0.1, -0.05) is 66.6 Å². The minimum absolute atomic E-state index is 0.569. The van der Waals surface area contributed by atoms with Crippen molar-refractivity contribution in [3.8, 4) is 11.1 Å². The Hall–Kier alpha value is -2.29. The van der Waals surface area contributed by atoms with Crippen molar-refractivity contribution in [3.63, 3.8) is 0 Å². The zero-order valence-electron chi connectivity index (χ0n) is 17.4. The predicted molar refractivity (Wildman–Crippen MR) is 128 cm³/mol. The molecule has 3 aromatic carbocycles. The van der Waals surface area contributed by atoms with Gasteiger partial charge in [-0.05, 0) is 65.9 Å². The van der Waals surface area contributed by atoms with Gasteiger partial charge < -0.3 is 4.90 Å². The van der Waals surface area contributed by atoms with E-state index in [1.165, 1.54) is 53.7 Å². The molecule has 0 atom stereocenters. The maximum Gasteiger partial charge on any atom is 0.0407 e. The molecule has 0 bridgehead atoms. The number of hydrogen-bond donors (Lipinski definition) is 0. The van der Waals surface area contributed by atoms with Crippen LogP contribution in [-0.2, 0) is 0 Å². The third-order valence-corrected chi connectivity index (χ3v) is 7.00. The molecule has 1 fully saturated rings. The summed E-state index contributed by atoms with van der Waals surface area (Å²) in [4.78, 5) is 5.10. The smallest absolute Gasteiger partial charge is 0.0407 e. The minimum atomic E-state index is 0.569. The Labute approximate surface area is 185 Å². The van der Waals surface area contributed by atoms with E-state index in [4.69, 9.17) is 11.6 Å². The molecule has 30 heavy (non-hydrogen) atoms. The van der Waals surface area contributed by atoms with E-state index in [9.17, 15) is 0 Å². The van der Waals surface area contributed by atoms with Crippen LogP contribution in [0.2, 0.25) is 5.02 Å². The van der Waals surface area contributed by atoms with Gasteiger partial charge >= 0.3 is 0 Å². The molecule has 0 unspecified atom stereocenters. The molecule has 2 nitrogen and oxygen atoms in total. The molecule has 1 heterocycles. The fraction of sp³-hybridized carbons (Fsp3) is 0.333. The molecule has 0 saturated carbocycles. The summed E-state index contributed by atoms with van der Waals surface area (Å²) >= 11 is 6.02. The van der Waals surface area contributed by atoms with Crippen molar-refractivity contribution in [2.45, 2.75) is 25.2 Å². The third-order valence-electron chi connectivity index (χ3n) is 6.74. The molecule has 0 spiro atoms. The van der Waals surface area contributed by atoms with E-state index in [-0.39, 0.29) is 0 Å². The lowest BCUT2D eigenvalue weighted by molar-refractivity contribution is 0.252. The molecule has 154 valence electrons. The van der Waals surface area contributed by atoms with Crippen LogP contribution in [0.15, 0.2) is 72.8 Å². The van der Waals surface area contributed by atoms with Gasteiger partial charge in [0.1, 0.15) is 0 Å². The normalized spacial score (nSPS) is 16.5. The third kappa shape index (κ3) is 3.99. The van der Waals surface area contributed by atoms with Crippen molar-refractivity contribution in [1.82, 2.24) is 4.90 Å². The topological polar surface area (TPSA) is 6.48 Å². The number of anilines is 1. The lowest BCUT2D eigenvalue weighted by Gasteiger charge is -2.36. The van der Waals surface area contributed by atoms with Gasteiger partial charge in [0.2, 0.25) is 0 Å². The highest BCUT2D eigenvalue weighted by molar-refractivity contribution is 6.30. The average molecular weight is 417 g/mol. The summed E-state index contributed by atoms with van der Waals surface area (Å²) in [6, 6.07) is 26.2. The van der Waals surface area contributed by atoms with Crippen molar-refractivity contribution >= 4 is 17.3 Å². The summed E-state index contributed by atoms with van der Waals surface area (Å²) in [5.41, 5.74) is 7.22. The second-order valence-electron chi connectivity index (χ2n) is 8.53. The molecule has 0 aromatic heterocycles. The Kier molecular flexibility index (Phi) is 5.79. The molecule has 0 amide bonds. The molecule has 1 aliphatic heterocycles. The number of unbranched alkanes of at least 4 members (excludes halogenated alkanes) is 1. The van der Waals surface area contributed by atoms with E-state index in [2.05, 4.69) is 70.5 Å². The van der Waals surface area contributed by atoms with E-state index in [0.29, 0.717) is 5.92 Å². The average Bonchev–Trinajstić information content (AvgIpc) is 3.12. The number of nitrogens with zero attached hydrogens (tertiary/aromatic N) is 2. The summed E-state index contributed by atoms with van der Waals surface area (Å²) in [5, 5.41) is 0.810. The van der Waals surface area contributed by atoms with Crippen molar-refractivity contribution in [3.05, 3.63) is 88.9 Å². The van der Waals surface area contributed by atoms with Crippen LogP contribution in [0.25, 0.3) is 11.1 Å². The highest BCUT2D eigenvalue weighted by Gasteiger charge is 2.27. The lowest BCUT2D eigenvalue weighted by Crippen LogP contribution is -2.46. The molecule has 5 rings (SSSR count). The van der Waals surface area contributed by atoms with Gasteiger partial charge in [-0.2, -0.15) is 0 Å². The summed E-state index contributed by atoms with van der Waals surface area (Å²) < 4.78 is 0. The van der Waals surface area contributed by atoms with Crippen molar-refractivity contribution in [2.75, 3.05) is 37.6 Å². The van der Waals surface area contributed by atoms with Crippen LogP contribution < -0.4 is 4.90 Å². The first-order valence-electron chi connectivity index (χ1n) is 11.2. The Morgan fingerprint density at radius 1 is 0.700 bits per heavy atom. The molecule has 1 saturated heterocycles. The van der Waals surface area contributed by atoms with E-state index < -0.39 is 0 Å². The van der Waals surface area contributed by atoms with Gasteiger partial charge in [-0.3, -0.25) is 4.90 Å². The second kappa shape index (κ2) is 8.83. The van der Waals surface area contributed by atoms with Crippen LogP contribution >= 0.6 is 11.6 Å². The first-order chi connectivity index (χ1) is 14.8. The van der Waals surface area contributed by atoms with Gasteiger partial charge in [0.25, 0.3) is 0 Å². The Morgan fingerprint density at radius 2 is 1.30 bits per heavy atom. The Bertz CT molecular complexity index is 944. The van der Waals surface area contributed by atoms with Gasteiger partial charge in [-0.25, -0.2) is 0 Å². The molecule has 1 aliphatic carbocycles. The standard InChI is InChI=1S/C27H29ClN2/c28-21-12-14-22(15-13-21)30-19-17-29(18-20-30)16-6-5-11-27-25-9-3-1-7-23(25)24-8-2-4-10-26(24)27/h1-4,7-10,12-15,27H,5-6,11,16-20H2. The van der Waals surface area contributed by atoms with Crippen LogP contribution in [0.1, 0.15) is 36.3 Å². The fourth-order valence-corrected chi connectivity index (χ4v) is 5.26. The Balaban J connectivity index is 1.11. The van der Waals surface area contributed by atoms with E-state index in [1.54, 1.807) is 0 Å².